The van der Waals surface area contributed by atoms with E-state index in [1.165, 1.54) is 18.6 Å². The van der Waals surface area contributed by atoms with E-state index in [4.69, 9.17) is 17.3 Å². The molecule has 0 amide bonds. The highest BCUT2D eigenvalue weighted by molar-refractivity contribution is 6.30. The summed E-state index contributed by atoms with van der Waals surface area (Å²) < 4.78 is 13.6. The van der Waals surface area contributed by atoms with E-state index >= 15 is 0 Å². The molecule has 4 heteroatoms. The molecule has 3 N–H and O–H groups in total. The molecule has 1 aliphatic carbocycles. The van der Waals surface area contributed by atoms with Crippen LogP contribution < -0.4 is 5.73 Å². The fraction of sp³-hybridized carbons (Fsp3) is 0.625. The van der Waals surface area contributed by atoms with Gasteiger partial charge in [-0.1, -0.05) is 31.0 Å². The van der Waals surface area contributed by atoms with E-state index in [1.807, 2.05) is 0 Å². The SMILES string of the molecule is CCC1CCC(CN)(C(O)c2ccc(Cl)c(F)c2)CC1. The Bertz CT molecular complexity index is 458. The summed E-state index contributed by atoms with van der Waals surface area (Å²) in [5.41, 5.74) is 6.20. The first kappa shape index (κ1) is 15.7. The van der Waals surface area contributed by atoms with Crippen molar-refractivity contribution in [2.75, 3.05) is 6.54 Å². The van der Waals surface area contributed by atoms with E-state index in [1.54, 1.807) is 6.07 Å². The maximum atomic E-state index is 13.6. The van der Waals surface area contributed by atoms with Gasteiger partial charge in [0.1, 0.15) is 5.82 Å². The molecule has 112 valence electrons. The van der Waals surface area contributed by atoms with Crippen LogP contribution >= 0.6 is 11.6 Å². The molecule has 0 aromatic heterocycles. The molecule has 1 aliphatic rings. The maximum Gasteiger partial charge on any atom is 0.142 e. The zero-order valence-electron chi connectivity index (χ0n) is 11.9. The first-order chi connectivity index (χ1) is 9.52. The van der Waals surface area contributed by atoms with Crippen molar-refractivity contribution in [3.8, 4) is 0 Å². The zero-order valence-corrected chi connectivity index (χ0v) is 12.7. The van der Waals surface area contributed by atoms with Gasteiger partial charge in [0.15, 0.2) is 0 Å². The summed E-state index contributed by atoms with van der Waals surface area (Å²) in [4.78, 5) is 0. The Morgan fingerprint density at radius 1 is 1.45 bits per heavy atom. The lowest BCUT2D eigenvalue weighted by molar-refractivity contribution is -0.0104. The minimum Gasteiger partial charge on any atom is -0.388 e. The lowest BCUT2D eigenvalue weighted by Crippen LogP contribution is -2.40. The van der Waals surface area contributed by atoms with Gasteiger partial charge in [-0.25, -0.2) is 4.39 Å². The number of aliphatic hydroxyl groups is 1. The second-order valence-electron chi connectivity index (χ2n) is 5.99. The van der Waals surface area contributed by atoms with E-state index in [-0.39, 0.29) is 10.4 Å². The summed E-state index contributed by atoms with van der Waals surface area (Å²) in [5, 5.41) is 10.8. The van der Waals surface area contributed by atoms with Gasteiger partial charge in [-0.2, -0.15) is 0 Å². The van der Waals surface area contributed by atoms with Crippen molar-refractivity contribution in [3.05, 3.63) is 34.6 Å². The van der Waals surface area contributed by atoms with Crippen molar-refractivity contribution in [2.24, 2.45) is 17.1 Å². The van der Waals surface area contributed by atoms with Gasteiger partial charge in [0.25, 0.3) is 0 Å². The third-order valence-corrected chi connectivity index (χ3v) is 5.23. The second kappa shape index (κ2) is 6.42. The van der Waals surface area contributed by atoms with E-state index in [9.17, 15) is 9.50 Å². The molecule has 0 bridgehead atoms. The van der Waals surface area contributed by atoms with Gasteiger partial charge in [0, 0.05) is 12.0 Å². The molecule has 0 radical (unpaired) electrons. The van der Waals surface area contributed by atoms with E-state index in [0.717, 1.165) is 31.6 Å². The summed E-state index contributed by atoms with van der Waals surface area (Å²) in [5.74, 6) is 0.237. The molecule has 1 saturated carbocycles. The van der Waals surface area contributed by atoms with Gasteiger partial charge in [-0.15, -0.1) is 0 Å². The number of hydrogen-bond acceptors (Lipinski definition) is 2. The predicted molar refractivity (Wildman–Crippen MR) is 80.1 cm³/mol. The molecule has 20 heavy (non-hydrogen) atoms. The van der Waals surface area contributed by atoms with Crippen molar-refractivity contribution < 1.29 is 9.50 Å². The normalized spacial score (nSPS) is 28.4. The predicted octanol–water partition coefficient (Wildman–Crippen LogP) is 4.06. The summed E-state index contributed by atoms with van der Waals surface area (Å²) >= 11 is 5.70. The standard InChI is InChI=1S/C16H23ClFNO/c1-2-11-5-7-16(10-19,8-6-11)15(20)12-3-4-13(17)14(18)9-12/h3-4,9,11,15,20H,2,5-8,10,19H2,1H3. The Kier molecular flexibility index (Phi) is 5.05. The van der Waals surface area contributed by atoms with Crippen molar-refractivity contribution in [1.29, 1.82) is 0 Å². The average Bonchev–Trinajstić information content (AvgIpc) is 2.49. The van der Waals surface area contributed by atoms with Crippen LogP contribution in [0.5, 0.6) is 0 Å². The lowest BCUT2D eigenvalue weighted by atomic mass is 9.65. The first-order valence-electron chi connectivity index (χ1n) is 7.35. The summed E-state index contributed by atoms with van der Waals surface area (Å²) in [6.07, 6.45) is 4.41. The monoisotopic (exact) mass is 299 g/mol. The summed E-state index contributed by atoms with van der Waals surface area (Å²) in [6, 6.07) is 4.52. The largest absolute Gasteiger partial charge is 0.388 e. The van der Waals surface area contributed by atoms with Crippen LogP contribution in [0.2, 0.25) is 5.02 Å². The Morgan fingerprint density at radius 3 is 2.60 bits per heavy atom. The molecular weight excluding hydrogens is 277 g/mol. The highest BCUT2D eigenvalue weighted by Gasteiger charge is 2.40. The third-order valence-electron chi connectivity index (χ3n) is 4.92. The van der Waals surface area contributed by atoms with Crippen LogP contribution in [0.15, 0.2) is 18.2 Å². The smallest absolute Gasteiger partial charge is 0.142 e. The van der Waals surface area contributed by atoms with Gasteiger partial charge in [-0.3, -0.25) is 0 Å². The lowest BCUT2D eigenvalue weighted by Gasteiger charge is -2.43. The fourth-order valence-corrected chi connectivity index (χ4v) is 3.40. The van der Waals surface area contributed by atoms with Gasteiger partial charge in [-0.05, 0) is 49.3 Å². The molecule has 0 aliphatic heterocycles. The quantitative estimate of drug-likeness (QED) is 0.881. The highest BCUT2D eigenvalue weighted by atomic mass is 35.5. The van der Waals surface area contributed by atoms with Gasteiger partial charge in [0.2, 0.25) is 0 Å². The fourth-order valence-electron chi connectivity index (χ4n) is 3.29. The third kappa shape index (κ3) is 3.00. The molecule has 0 spiro atoms. The minimum atomic E-state index is -0.725. The average molecular weight is 300 g/mol. The number of nitrogens with two attached hydrogens (primary N) is 1. The second-order valence-corrected chi connectivity index (χ2v) is 6.40. The molecule has 0 heterocycles. The molecule has 1 unspecified atom stereocenters. The Labute approximate surface area is 125 Å². The van der Waals surface area contributed by atoms with Crippen LogP contribution in [-0.2, 0) is 0 Å². The number of aliphatic hydroxyl groups excluding tert-OH is 1. The Hall–Kier alpha value is -0.640. The molecule has 1 fully saturated rings. The van der Waals surface area contributed by atoms with Crippen LogP contribution in [-0.4, -0.2) is 11.7 Å². The number of rotatable bonds is 4. The van der Waals surface area contributed by atoms with Crippen molar-refractivity contribution >= 4 is 11.6 Å². The molecular formula is C16H23ClFNO. The summed E-state index contributed by atoms with van der Waals surface area (Å²) in [7, 11) is 0. The van der Waals surface area contributed by atoms with Crippen molar-refractivity contribution in [3.63, 3.8) is 0 Å². The Balaban J connectivity index is 2.20. The number of halogens is 2. The van der Waals surface area contributed by atoms with Crippen LogP contribution in [0.1, 0.15) is 50.7 Å². The number of hydrogen-bond donors (Lipinski definition) is 2. The first-order valence-corrected chi connectivity index (χ1v) is 7.73. The minimum absolute atomic E-state index is 0.0810. The number of benzene rings is 1. The topological polar surface area (TPSA) is 46.2 Å². The zero-order chi connectivity index (χ0) is 14.8. The van der Waals surface area contributed by atoms with Crippen molar-refractivity contribution in [1.82, 2.24) is 0 Å². The van der Waals surface area contributed by atoms with Crippen molar-refractivity contribution in [2.45, 2.75) is 45.1 Å². The maximum absolute atomic E-state index is 13.6. The van der Waals surface area contributed by atoms with Crippen LogP contribution in [0.25, 0.3) is 0 Å². The molecule has 0 saturated heterocycles. The van der Waals surface area contributed by atoms with Crippen LogP contribution in [0, 0.1) is 17.2 Å². The molecule has 1 aromatic carbocycles. The molecule has 1 atom stereocenters. The Morgan fingerprint density at radius 2 is 2.10 bits per heavy atom. The molecule has 2 rings (SSSR count). The molecule has 2 nitrogen and oxygen atoms in total. The summed E-state index contributed by atoms with van der Waals surface area (Å²) in [6.45, 7) is 2.62. The van der Waals surface area contributed by atoms with Crippen LogP contribution in [0.3, 0.4) is 0 Å². The van der Waals surface area contributed by atoms with E-state index in [0.29, 0.717) is 12.1 Å². The van der Waals surface area contributed by atoms with E-state index < -0.39 is 11.9 Å². The van der Waals surface area contributed by atoms with Gasteiger partial charge in [0.05, 0.1) is 11.1 Å². The van der Waals surface area contributed by atoms with Gasteiger partial charge < -0.3 is 10.8 Å². The molecule has 1 aromatic rings. The van der Waals surface area contributed by atoms with Gasteiger partial charge >= 0.3 is 0 Å². The van der Waals surface area contributed by atoms with Crippen LogP contribution in [0.4, 0.5) is 4.39 Å². The van der Waals surface area contributed by atoms with E-state index in [2.05, 4.69) is 6.92 Å². The highest BCUT2D eigenvalue weighted by Crippen LogP contribution is 2.47.